The number of ether oxygens (including phenoxy) is 1. The first kappa shape index (κ1) is 23.4. The van der Waals surface area contributed by atoms with Gasteiger partial charge in [0.15, 0.2) is 0 Å². The second-order valence-corrected chi connectivity index (χ2v) is 11.9. The zero-order valence-electron chi connectivity index (χ0n) is 19.8. The Balaban J connectivity index is 1.21. The van der Waals surface area contributed by atoms with E-state index in [1.807, 2.05) is 36.4 Å². The minimum absolute atomic E-state index is 0.00987. The van der Waals surface area contributed by atoms with Crippen molar-refractivity contribution < 1.29 is 17.9 Å². The van der Waals surface area contributed by atoms with Gasteiger partial charge >= 0.3 is 0 Å². The number of carbonyl (C=O) groups is 1. The van der Waals surface area contributed by atoms with Crippen molar-refractivity contribution in [3.63, 3.8) is 0 Å². The molecule has 1 unspecified atom stereocenters. The number of nitrogens with zero attached hydrogens (tertiary/aromatic N) is 1. The van der Waals surface area contributed by atoms with Crippen LogP contribution in [0.5, 0.6) is 5.75 Å². The lowest BCUT2D eigenvalue weighted by Gasteiger charge is -2.32. The fourth-order valence-corrected chi connectivity index (χ4v) is 6.88. The standard InChI is InChI=1S/C27H34N2O4S/c1-33-24-11-8-21(9-12-24)26(20-6-7-20)28-27(30)22-14-16-29(17-15-22)34(31,32)25-13-10-19-4-2-3-5-23(19)18-25/h8-13,18,20,22,26H,2-7,14-17H2,1H3,(H,28,30). The molecule has 7 heteroatoms. The first-order valence-corrected chi connectivity index (χ1v) is 14.0. The molecule has 1 amide bonds. The molecule has 5 rings (SSSR count). The summed E-state index contributed by atoms with van der Waals surface area (Å²) in [6.45, 7) is 0.766. The van der Waals surface area contributed by atoms with Crippen LogP contribution in [-0.2, 0) is 27.7 Å². The summed E-state index contributed by atoms with van der Waals surface area (Å²) < 4.78 is 33.4. The highest BCUT2D eigenvalue weighted by molar-refractivity contribution is 7.89. The highest BCUT2D eigenvalue weighted by Crippen LogP contribution is 2.41. The summed E-state index contributed by atoms with van der Waals surface area (Å²) in [4.78, 5) is 13.5. The lowest BCUT2D eigenvalue weighted by atomic mass is 9.92. The molecule has 2 aromatic carbocycles. The predicted octanol–water partition coefficient (Wildman–Crippen LogP) is 4.24. The third-order valence-electron chi connectivity index (χ3n) is 7.65. The number of aryl methyl sites for hydroxylation is 2. The summed E-state index contributed by atoms with van der Waals surface area (Å²) in [6, 6.07) is 13.5. The maximum Gasteiger partial charge on any atom is 0.243 e. The van der Waals surface area contributed by atoms with Crippen molar-refractivity contribution in [2.24, 2.45) is 11.8 Å². The number of nitrogens with one attached hydrogen (secondary N) is 1. The van der Waals surface area contributed by atoms with Gasteiger partial charge in [0.25, 0.3) is 0 Å². The van der Waals surface area contributed by atoms with Crippen molar-refractivity contribution in [1.82, 2.24) is 9.62 Å². The second kappa shape index (κ2) is 9.70. The van der Waals surface area contributed by atoms with E-state index in [9.17, 15) is 13.2 Å². The molecule has 2 fully saturated rings. The van der Waals surface area contributed by atoms with Gasteiger partial charge in [-0.05, 0) is 98.2 Å². The smallest absolute Gasteiger partial charge is 0.243 e. The third kappa shape index (κ3) is 4.86. The van der Waals surface area contributed by atoms with Crippen LogP contribution in [0, 0.1) is 11.8 Å². The molecule has 1 atom stereocenters. The van der Waals surface area contributed by atoms with Gasteiger partial charge in [-0.25, -0.2) is 8.42 Å². The van der Waals surface area contributed by atoms with E-state index in [-0.39, 0.29) is 17.9 Å². The molecule has 1 N–H and O–H groups in total. The SMILES string of the molecule is COc1ccc(C(NC(=O)C2CCN(S(=O)(=O)c3ccc4c(c3)CCCC4)CC2)C2CC2)cc1. The van der Waals surface area contributed by atoms with Crippen LogP contribution in [-0.4, -0.2) is 38.8 Å². The molecule has 1 saturated carbocycles. The molecule has 0 spiro atoms. The van der Waals surface area contributed by atoms with E-state index in [0.29, 0.717) is 36.7 Å². The average Bonchev–Trinajstić information content (AvgIpc) is 3.72. The Labute approximate surface area is 202 Å². The van der Waals surface area contributed by atoms with E-state index < -0.39 is 10.0 Å². The average molecular weight is 483 g/mol. The molecule has 1 heterocycles. The van der Waals surface area contributed by atoms with Gasteiger partial charge in [0.05, 0.1) is 18.0 Å². The Bertz CT molecular complexity index is 1130. The summed E-state index contributed by atoms with van der Waals surface area (Å²) in [5.74, 6) is 1.16. The number of piperidine rings is 1. The van der Waals surface area contributed by atoms with Crippen LogP contribution in [0.1, 0.15) is 61.3 Å². The lowest BCUT2D eigenvalue weighted by Crippen LogP contribution is -2.44. The van der Waals surface area contributed by atoms with Crippen molar-refractivity contribution in [1.29, 1.82) is 0 Å². The molecular weight excluding hydrogens is 448 g/mol. The van der Waals surface area contributed by atoms with Crippen LogP contribution < -0.4 is 10.1 Å². The number of fused-ring (bicyclic) bond motifs is 1. The van der Waals surface area contributed by atoms with E-state index in [2.05, 4.69) is 5.32 Å². The van der Waals surface area contributed by atoms with Crippen molar-refractivity contribution in [3.05, 3.63) is 59.2 Å². The van der Waals surface area contributed by atoms with Gasteiger partial charge in [-0.2, -0.15) is 4.31 Å². The van der Waals surface area contributed by atoms with Crippen LogP contribution >= 0.6 is 0 Å². The highest BCUT2D eigenvalue weighted by atomic mass is 32.2. The zero-order valence-corrected chi connectivity index (χ0v) is 20.6. The molecule has 182 valence electrons. The van der Waals surface area contributed by atoms with Crippen LogP contribution in [0.4, 0.5) is 0 Å². The third-order valence-corrected chi connectivity index (χ3v) is 9.54. The fourth-order valence-electron chi connectivity index (χ4n) is 5.36. The first-order chi connectivity index (χ1) is 16.5. The molecule has 6 nitrogen and oxygen atoms in total. The number of hydrogen-bond donors (Lipinski definition) is 1. The molecule has 0 aromatic heterocycles. The predicted molar refractivity (Wildman–Crippen MR) is 131 cm³/mol. The number of rotatable bonds is 7. The number of amides is 1. The second-order valence-electron chi connectivity index (χ2n) is 9.91. The minimum Gasteiger partial charge on any atom is -0.497 e. The van der Waals surface area contributed by atoms with Crippen molar-refractivity contribution in [2.45, 2.75) is 62.3 Å². The lowest BCUT2D eigenvalue weighted by molar-refractivity contribution is -0.127. The van der Waals surface area contributed by atoms with Crippen LogP contribution in [0.2, 0.25) is 0 Å². The number of benzene rings is 2. The van der Waals surface area contributed by atoms with Crippen molar-refractivity contribution in [3.8, 4) is 5.75 Å². The van der Waals surface area contributed by atoms with Gasteiger partial charge in [0.2, 0.25) is 15.9 Å². The molecule has 3 aliphatic rings. The molecule has 1 aliphatic heterocycles. The Hall–Kier alpha value is -2.38. The highest BCUT2D eigenvalue weighted by Gasteiger charge is 2.37. The van der Waals surface area contributed by atoms with E-state index >= 15 is 0 Å². The Morgan fingerprint density at radius 1 is 0.971 bits per heavy atom. The molecule has 2 aliphatic carbocycles. The van der Waals surface area contributed by atoms with Crippen molar-refractivity contribution >= 4 is 15.9 Å². The molecule has 34 heavy (non-hydrogen) atoms. The van der Waals surface area contributed by atoms with Gasteiger partial charge in [0, 0.05) is 19.0 Å². The molecular formula is C27H34N2O4S. The van der Waals surface area contributed by atoms with Gasteiger partial charge in [0.1, 0.15) is 5.75 Å². The summed E-state index contributed by atoms with van der Waals surface area (Å²) in [5, 5.41) is 3.27. The Morgan fingerprint density at radius 2 is 1.65 bits per heavy atom. The Morgan fingerprint density at radius 3 is 2.29 bits per heavy atom. The summed E-state index contributed by atoms with van der Waals surface area (Å²) in [6.07, 6.45) is 7.63. The van der Waals surface area contributed by atoms with Gasteiger partial charge in [-0.3, -0.25) is 4.79 Å². The van der Waals surface area contributed by atoms with Crippen LogP contribution in [0.25, 0.3) is 0 Å². The van der Waals surface area contributed by atoms with E-state index in [0.717, 1.165) is 43.4 Å². The molecule has 1 saturated heterocycles. The van der Waals surface area contributed by atoms with Gasteiger partial charge in [-0.1, -0.05) is 18.2 Å². The quantitative estimate of drug-likeness (QED) is 0.640. The van der Waals surface area contributed by atoms with E-state index in [4.69, 9.17) is 4.74 Å². The summed E-state index contributed by atoms with van der Waals surface area (Å²) in [5.41, 5.74) is 3.55. The van der Waals surface area contributed by atoms with E-state index in [1.165, 1.54) is 17.5 Å². The van der Waals surface area contributed by atoms with Gasteiger partial charge in [-0.15, -0.1) is 0 Å². The Kier molecular flexibility index (Phi) is 6.67. The molecule has 0 radical (unpaired) electrons. The van der Waals surface area contributed by atoms with Crippen LogP contribution in [0.3, 0.4) is 0 Å². The van der Waals surface area contributed by atoms with Gasteiger partial charge < -0.3 is 10.1 Å². The van der Waals surface area contributed by atoms with Crippen LogP contribution in [0.15, 0.2) is 47.4 Å². The van der Waals surface area contributed by atoms with E-state index in [1.54, 1.807) is 17.5 Å². The minimum atomic E-state index is -3.53. The summed E-state index contributed by atoms with van der Waals surface area (Å²) >= 11 is 0. The monoisotopic (exact) mass is 482 g/mol. The normalized spacial score (nSPS) is 20.4. The molecule has 2 aromatic rings. The summed E-state index contributed by atoms with van der Waals surface area (Å²) in [7, 11) is -1.88. The number of carbonyl (C=O) groups excluding carboxylic acids is 1. The maximum absolute atomic E-state index is 13.3. The number of sulfonamides is 1. The topological polar surface area (TPSA) is 75.7 Å². The maximum atomic E-state index is 13.3. The number of methoxy groups -OCH3 is 1. The first-order valence-electron chi connectivity index (χ1n) is 12.5. The largest absolute Gasteiger partial charge is 0.497 e. The van der Waals surface area contributed by atoms with Crippen molar-refractivity contribution in [2.75, 3.05) is 20.2 Å². The number of hydrogen-bond acceptors (Lipinski definition) is 4. The molecule has 0 bridgehead atoms. The fraction of sp³-hybridized carbons (Fsp3) is 0.519. The zero-order chi connectivity index (χ0) is 23.7.